The van der Waals surface area contributed by atoms with E-state index < -0.39 is 20.7 Å². The van der Waals surface area contributed by atoms with Gasteiger partial charge in [0, 0.05) is 82.4 Å². The average Bonchev–Trinajstić information content (AvgIpc) is 3.71. The van der Waals surface area contributed by atoms with Crippen LogP contribution in [0.5, 0.6) is 0 Å². The number of thioether (sulfide) groups is 1. The second kappa shape index (κ2) is 46.9. The standard InChI is InChI=1S/C16H14O2.C11H14OS.C10H11NO4.C10H12O4S.C6H10O2.C5H12O2.4CH4/c1-11(17)18-10-16-14-8-4-2-6-12(14)13-7-3-5-9-15(13)16;1-10(2)12-8-9-13-11-6-4-3-5-7-11;1-8(12)15-7-6-9-2-4-10(5-3-9)11(13)14;1-9(11)14-7-8-15(12,13)10-5-3-2-4-6-10;1-5(7)3-4-6(2)8;1-3-7-5-4-6-2;;;;/h2-9,16H,10H2,1H3;3-7H,1,8-9H2,2H3;2-5H,6-7H2,1H3;2-6H,7-8H2,1H3;3-4H2,1-2H3;3-5H2,1-2H3;4*1H4. The van der Waals surface area contributed by atoms with Gasteiger partial charge < -0.3 is 38.0 Å². The summed E-state index contributed by atoms with van der Waals surface area (Å²) in [6.07, 6.45) is 1.36. The van der Waals surface area contributed by atoms with E-state index in [9.17, 15) is 42.5 Å². The lowest BCUT2D eigenvalue weighted by Crippen LogP contribution is -2.14. The number of fused-ring (bicyclic) bond motifs is 3. The molecule has 0 saturated carbocycles. The zero-order valence-corrected chi connectivity index (χ0v) is 46.5. The molecule has 0 aromatic heterocycles. The van der Waals surface area contributed by atoms with Gasteiger partial charge in [-0.25, -0.2) is 8.42 Å². The molecule has 0 saturated heterocycles. The van der Waals surface area contributed by atoms with Crippen LogP contribution in [0.2, 0.25) is 0 Å². The summed E-state index contributed by atoms with van der Waals surface area (Å²) in [5.74, 6) is 0.885. The lowest BCUT2D eigenvalue weighted by atomic mass is 9.98. The molecule has 5 aromatic rings. The maximum atomic E-state index is 11.6. The number of non-ortho nitro benzene ring substituents is 1. The van der Waals surface area contributed by atoms with Gasteiger partial charge in [-0.15, -0.1) is 11.8 Å². The first kappa shape index (κ1) is 79.5. The van der Waals surface area contributed by atoms with Gasteiger partial charge >= 0.3 is 17.9 Å². The highest BCUT2D eigenvalue weighted by atomic mass is 32.2. The molecule has 16 nitrogen and oxygen atoms in total. The number of hydrogen-bond acceptors (Lipinski definition) is 16. The van der Waals surface area contributed by atoms with E-state index in [1.807, 2.05) is 56.3 Å². The van der Waals surface area contributed by atoms with Crippen LogP contribution in [0.3, 0.4) is 0 Å². The first-order valence-corrected chi connectivity index (χ1v) is 27.0. The molecule has 0 fully saturated rings. The monoisotopic (exact) mass is 1150 g/mol. The van der Waals surface area contributed by atoms with Crippen LogP contribution < -0.4 is 0 Å². The smallest absolute Gasteiger partial charge is 0.302 e. The van der Waals surface area contributed by atoms with Gasteiger partial charge in [-0.1, -0.05) is 133 Å². The van der Waals surface area contributed by atoms with E-state index in [4.69, 9.17) is 23.7 Å². The molecule has 6 rings (SSSR count). The van der Waals surface area contributed by atoms with E-state index in [2.05, 4.69) is 47.7 Å². The first-order valence-electron chi connectivity index (χ1n) is 24.3. The number of Topliss-reactive ketones (excluding diaryl/α,β-unsaturated/α-hetero) is 2. The minimum atomic E-state index is -3.33. The maximum absolute atomic E-state index is 11.6. The van der Waals surface area contributed by atoms with E-state index in [0.717, 1.165) is 30.3 Å². The summed E-state index contributed by atoms with van der Waals surface area (Å²) in [5.41, 5.74) is 5.98. The van der Waals surface area contributed by atoms with Crippen LogP contribution in [0.4, 0.5) is 5.69 Å². The molecule has 0 amide bonds. The summed E-state index contributed by atoms with van der Waals surface area (Å²) >= 11 is 1.80. The summed E-state index contributed by atoms with van der Waals surface area (Å²) in [5, 5.41) is 10.4. The Balaban J connectivity index is -0.000000440. The fourth-order valence-electron chi connectivity index (χ4n) is 6.31. The van der Waals surface area contributed by atoms with Crippen molar-refractivity contribution in [3.63, 3.8) is 0 Å². The Kier molecular flexibility index (Phi) is 46.6. The molecule has 0 aliphatic heterocycles. The number of nitro groups is 1. The van der Waals surface area contributed by atoms with Crippen molar-refractivity contribution in [3.05, 3.63) is 173 Å². The number of esters is 3. The Morgan fingerprint density at radius 3 is 1.49 bits per heavy atom. The number of allylic oxidation sites excluding steroid dienone is 1. The van der Waals surface area contributed by atoms with Crippen LogP contribution in [-0.2, 0) is 68.7 Å². The van der Waals surface area contributed by atoms with Crippen molar-refractivity contribution >= 4 is 56.8 Å². The van der Waals surface area contributed by atoms with Gasteiger partial charge in [-0.3, -0.25) is 24.5 Å². The van der Waals surface area contributed by atoms with Crippen LogP contribution in [0.15, 0.2) is 156 Å². The van der Waals surface area contributed by atoms with E-state index in [1.54, 1.807) is 49.2 Å². The van der Waals surface area contributed by atoms with Crippen molar-refractivity contribution in [2.75, 3.05) is 64.9 Å². The van der Waals surface area contributed by atoms with Crippen molar-refractivity contribution in [1.29, 1.82) is 0 Å². The van der Waals surface area contributed by atoms with Crippen molar-refractivity contribution in [3.8, 4) is 11.1 Å². The third kappa shape index (κ3) is 37.0. The first-order chi connectivity index (χ1) is 36.2. The van der Waals surface area contributed by atoms with Crippen molar-refractivity contribution < 1.29 is 65.7 Å². The highest BCUT2D eigenvalue weighted by Gasteiger charge is 2.28. The fourth-order valence-corrected chi connectivity index (χ4v) is 8.17. The normalized spacial score (nSPS) is 10.1. The molecular weight excluding hydrogens is 1060 g/mol. The van der Waals surface area contributed by atoms with Crippen LogP contribution in [0.1, 0.15) is 114 Å². The predicted molar refractivity (Wildman–Crippen MR) is 323 cm³/mol. The Bertz CT molecular complexity index is 2560. The van der Waals surface area contributed by atoms with E-state index in [1.165, 1.54) is 86.0 Å². The largest absolute Gasteiger partial charge is 0.498 e. The zero-order chi connectivity index (χ0) is 56.7. The molecule has 0 radical (unpaired) electrons. The Hall–Kier alpha value is -6.99. The number of hydrogen-bond donors (Lipinski definition) is 0. The lowest BCUT2D eigenvalue weighted by molar-refractivity contribution is -0.384. The highest BCUT2D eigenvalue weighted by molar-refractivity contribution is 7.99. The molecule has 0 N–H and O–H groups in total. The van der Waals surface area contributed by atoms with Gasteiger partial charge in [-0.2, -0.15) is 0 Å². The second-order valence-electron chi connectivity index (χ2n) is 16.3. The lowest BCUT2D eigenvalue weighted by Gasteiger charge is -2.12. The number of ether oxygens (including phenoxy) is 6. The highest BCUT2D eigenvalue weighted by Crippen LogP contribution is 2.44. The van der Waals surface area contributed by atoms with Crippen molar-refractivity contribution in [2.45, 2.75) is 113 Å². The molecule has 80 heavy (non-hydrogen) atoms. The number of methoxy groups -OCH3 is 1. The molecule has 0 spiro atoms. The van der Waals surface area contributed by atoms with Gasteiger partial charge in [-0.05, 0) is 79.8 Å². The molecular formula is C62H89NO15S2. The molecule has 5 aromatic carbocycles. The molecule has 0 unspecified atom stereocenters. The van der Waals surface area contributed by atoms with Gasteiger partial charge in [0.25, 0.3) is 5.69 Å². The van der Waals surface area contributed by atoms with E-state index >= 15 is 0 Å². The van der Waals surface area contributed by atoms with Crippen LogP contribution in [0, 0.1) is 10.1 Å². The molecule has 0 heterocycles. The van der Waals surface area contributed by atoms with Gasteiger partial charge in [0.15, 0.2) is 9.84 Å². The second-order valence-corrected chi connectivity index (χ2v) is 19.6. The number of carbonyl (C=O) groups is 5. The summed E-state index contributed by atoms with van der Waals surface area (Å²) in [6, 6.07) is 41.2. The van der Waals surface area contributed by atoms with E-state index in [0.29, 0.717) is 45.7 Å². The van der Waals surface area contributed by atoms with Gasteiger partial charge in [0.05, 0.1) is 47.8 Å². The number of sulfone groups is 1. The van der Waals surface area contributed by atoms with Gasteiger partial charge in [0.2, 0.25) is 0 Å². The maximum Gasteiger partial charge on any atom is 0.302 e. The fraction of sp³-hybridized carbons (Fsp3) is 0.403. The predicted octanol–water partition coefficient (Wildman–Crippen LogP) is 13.6. The zero-order valence-electron chi connectivity index (χ0n) is 44.9. The van der Waals surface area contributed by atoms with Crippen LogP contribution in [0.25, 0.3) is 11.1 Å². The number of ketones is 2. The minimum absolute atomic E-state index is 0. The summed E-state index contributed by atoms with van der Waals surface area (Å²) < 4.78 is 52.7. The number of nitro benzene ring substituents is 1. The van der Waals surface area contributed by atoms with Crippen molar-refractivity contribution in [2.24, 2.45) is 0 Å². The topological polar surface area (TPSA) is 218 Å². The summed E-state index contributed by atoms with van der Waals surface area (Å²) in [7, 11) is -1.67. The molecule has 0 atom stereocenters. The number of benzene rings is 5. The number of rotatable bonds is 22. The Morgan fingerprint density at radius 1 is 0.588 bits per heavy atom. The van der Waals surface area contributed by atoms with Crippen LogP contribution >= 0.6 is 11.8 Å². The quantitative estimate of drug-likeness (QED) is 0.0120. The Labute approximate surface area is 482 Å². The third-order valence-electron chi connectivity index (χ3n) is 9.93. The summed E-state index contributed by atoms with van der Waals surface area (Å²) in [4.78, 5) is 63.7. The molecule has 444 valence electrons. The Morgan fingerprint density at radius 2 is 1.05 bits per heavy atom. The SMILES string of the molecule is C.C.C.C.C=C(C)OCCSc1ccccc1.CC(=O)CCC(C)=O.CC(=O)OCC1c2ccccc2-c2ccccc21.CC(=O)OCCS(=O)(=O)c1ccccc1.CC(=O)OCCc1ccc([N+](=O)[O-])cc1.CCOCCOC. The number of nitrogens with zero attached hydrogens (tertiary/aromatic N) is 1. The van der Waals surface area contributed by atoms with Crippen LogP contribution in [-0.4, -0.2) is 108 Å². The van der Waals surface area contributed by atoms with E-state index in [-0.39, 0.29) is 82.1 Å². The third-order valence-corrected chi connectivity index (χ3v) is 12.6. The minimum Gasteiger partial charge on any atom is -0.498 e. The molecule has 1 aliphatic carbocycles. The molecule has 0 bridgehead atoms. The molecule has 1 aliphatic rings. The van der Waals surface area contributed by atoms with Gasteiger partial charge in [0.1, 0.15) is 24.8 Å². The van der Waals surface area contributed by atoms with Crippen molar-refractivity contribution in [1.82, 2.24) is 0 Å². The molecule has 18 heteroatoms. The average molecular weight is 1150 g/mol. The summed E-state index contributed by atoms with van der Waals surface area (Å²) in [6.45, 7) is 18.1. The number of carbonyl (C=O) groups excluding carboxylic acids is 5.